The highest BCUT2D eigenvalue weighted by molar-refractivity contribution is 6.04. The van der Waals surface area contributed by atoms with E-state index >= 15 is 0 Å². The fraction of sp³-hybridized carbons (Fsp3) is 0.0370. The van der Waals surface area contributed by atoms with Gasteiger partial charge in [-0.15, -0.1) is 0 Å². The molecule has 2 aromatic heterocycles. The second-order valence-corrected chi connectivity index (χ2v) is 7.97. The highest BCUT2D eigenvalue weighted by atomic mass is 19.1. The number of imidazole rings is 1. The van der Waals surface area contributed by atoms with Crippen molar-refractivity contribution in [2.75, 3.05) is 10.6 Å². The molecular weight excluding hydrogens is 445 g/mol. The molecule has 0 bridgehead atoms. The maximum absolute atomic E-state index is 13.5. The van der Waals surface area contributed by atoms with Crippen molar-refractivity contribution in [2.45, 2.75) is 6.92 Å². The molecule has 0 unspecified atom stereocenters. The lowest BCUT2D eigenvalue weighted by Gasteiger charge is -2.08. The second kappa shape index (κ2) is 9.18. The molecule has 2 heterocycles. The molecule has 0 saturated carbocycles. The Hall–Kier alpha value is -4.85. The number of H-pyrrole nitrogens is 1. The SMILES string of the molecule is CC(=O)Nc1ccc(C(=O)Nc2ccc(-c3cccc(-c4nc5ccc(F)cc5[nH]4)c3)cc2)cn1. The first-order chi connectivity index (χ1) is 16.9. The summed E-state index contributed by atoms with van der Waals surface area (Å²) in [6.07, 6.45) is 1.41. The Morgan fingerprint density at radius 3 is 2.40 bits per heavy atom. The summed E-state index contributed by atoms with van der Waals surface area (Å²) in [5.74, 6) is 0.202. The van der Waals surface area contributed by atoms with Gasteiger partial charge < -0.3 is 15.6 Å². The average molecular weight is 465 g/mol. The highest BCUT2D eigenvalue weighted by Gasteiger charge is 2.10. The minimum atomic E-state index is -0.313. The standard InChI is InChI=1S/C27H20FN5O2/c1-16(34)30-25-12-7-20(15-29-25)27(35)31-22-9-5-17(6-10-22)18-3-2-4-19(13-18)26-32-23-11-8-21(28)14-24(23)33-26/h2-15H,1H3,(H,31,35)(H,32,33)(H,29,30,34). The Morgan fingerprint density at radius 2 is 1.66 bits per heavy atom. The zero-order chi connectivity index (χ0) is 24.4. The third-order valence-corrected chi connectivity index (χ3v) is 5.39. The molecule has 0 atom stereocenters. The number of nitrogens with one attached hydrogen (secondary N) is 3. The normalized spacial score (nSPS) is 10.8. The molecule has 5 rings (SSSR count). The van der Waals surface area contributed by atoms with Crippen molar-refractivity contribution in [3.05, 3.63) is 96.4 Å². The first-order valence-corrected chi connectivity index (χ1v) is 10.9. The Morgan fingerprint density at radius 1 is 0.857 bits per heavy atom. The van der Waals surface area contributed by atoms with Crippen molar-refractivity contribution in [3.63, 3.8) is 0 Å². The lowest BCUT2D eigenvalue weighted by atomic mass is 10.0. The van der Waals surface area contributed by atoms with Crippen LogP contribution >= 0.6 is 0 Å². The van der Waals surface area contributed by atoms with Crippen LogP contribution in [0.3, 0.4) is 0 Å². The van der Waals surface area contributed by atoms with Gasteiger partial charge in [0.2, 0.25) is 5.91 Å². The van der Waals surface area contributed by atoms with Crippen molar-refractivity contribution in [1.82, 2.24) is 15.0 Å². The Kier molecular flexibility index (Phi) is 5.76. The zero-order valence-corrected chi connectivity index (χ0v) is 18.7. The van der Waals surface area contributed by atoms with Gasteiger partial charge in [0.15, 0.2) is 0 Å². The topological polar surface area (TPSA) is 99.8 Å². The number of pyridine rings is 1. The zero-order valence-electron chi connectivity index (χ0n) is 18.7. The number of nitrogens with zero attached hydrogens (tertiary/aromatic N) is 2. The van der Waals surface area contributed by atoms with E-state index in [1.165, 1.54) is 25.3 Å². The van der Waals surface area contributed by atoms with Gasteiger partial charge in [0, 0.05) is 24.4 Å². The number of aromatic nitrogens is 3. The Labute approximate surface area is 200 Å². The minimum Gasteiger partial charge on any atom is -0.338 e. The number of fused-ring (bicyclic) bond motifs is 1. The lowest BCUT2D eigenvalue weighted by molar-refractivity contribution is -0.114. The molecule has 3 aromatic carbocycles. The van der Waals surface area contributed by atoms with E-state index in [1.807, 2.05) is 48.5 Å². The molecule has 0 spiro atoms. The van der Waals surface area contributed by atoms with Crippen LogP contribution < -0.4 is 10.6 Å². The maximum atomic E-state index is 13.5. The van der Waals surface area contributed by atoms with Crippen LogP contribution in [0.1, 0.15) is 17.3 Å². The predicted octanol–water partition coefficient (Wildman–Crippen LogP) is 5.64. The molecule has 0 aliphatic heterocycles. The molecule has 7 nitrogen and oxygen atoms in total. The summed E-state index contributed by atoms with van der Waals surface area (Å²) in [5, 5.41) is 5.40. The summed E-state index contributed by atoms with van der Waals surface area (Å²) in [4.78, 5) is 35.4. The molecule has 0 saturated heterocycles. The van der Waals surface area contributed by atoms with Crippen molar-refractivity contribution in [3.8, 4) is 22.5 Å². The number of rotatable bonds is 5. The summed E-state index contributed by atoms with van der Waals surface area (Å²) >= 11 is 0. The van der Waals surface area contributed by atoms with Crippen molar-refractivity contribution in [2.24, 2.45) is 0 Å². The maximum Gasteiger partial charge on any atom is 0.257 e. The molecule has 0 aliphatic rings. The summed E-state index contributed by atoms with van der Waals surface area (Å²) in [7, 11) is 0. The van der Waals surface area contributed by atoms with Crippen molar-refractivity contribution in [1.29, 1.82) is 0 Å². The minimum absolute atomic E-state index is 0.228. The van der Waals surface area contributed by atoms with E-state index in [0.29, 0.717) is 33.9 Å². The number of benzene rings is 3. The number of hydrogen-bond donors (Lipinski definition) is 3. The lowest BCUT2D eigenvalue weighted by Crippen LogP contribution is -2.13. The number of halogens is 1. The quantitative estimate of drug-likeness (QED) is 0.313. The van der Waals surface area contributed by atoms with Crippen LogP contribution in [0.25, 0.3) is 33.5 Å². The largest absolute Gasteiger partial charge is 0.338 e. The number of hydrogen-bond acceptors (Lipinski definition) is 4. The number of carbonyl (C=O) groups excluding carboxylic acids is 2. The first kappa shape index (κ1) is 22.0. The van der Waals surface area contributed by atoms with Gasteiger partial charge in [0.25, 0.3) is 5.91 Å². The van der Waals surface area contributed by atoms with E-state index in [9.17, 15) is 14.0 Å². The third-order valence-electron chi connectivity index (χ3n) is 5.39. The number of amides is 2. The molecule has 0 aliphatic carbocycles. The fourth-order valence-corrected chi connectivity index (χ4v) is 3.70. The molecule has 0 radical (unpaired) electrons. The van der Waals surface area contributed by atoms with Crippen molar-refractivity contribution < 1.29 is 14.0 Å². The molecule has 8 heteroatoms. The first-order valence-electron chi connectivity index (χ1n) is 10.9. The van der Waals surface area contributed by atoms with E-state index in [-0.39, 0.29) is 17.6 Å². The van der Waals surface area contributed by atoms with Gasteiger partial charge in [-0.05, 0) is 59.7 Å². The molecule has 0 fully saturated rings. The monoisotopic (exact) mass is 465 g/mol. The summed E-state index contributed by atoms with van der Waals surface area (Å²) in [6.45, 7) is 1.39. The molecule has 172 valence electrons. The van der Waals surface area contributed by atoms with Crippen molar-refractivity contribution >= 4 is 34.4 Å². The van der Waals surface area contributed by atoms with Crippen LogP contribution in [0, 0.1) is 5.82 Å². The Bertz CT molecular complexity index is 1540. The predicted molar refractivity (Wildman–Crippen MR) is 133 cm³/mol. The highest BCUT2D eigenvalue weighted by Crippen LogP contribution is 2.27. The van der Waals surface area contributed by atoms with Crippen LogP contribution in [-0.4, -0.2) is 26.8 Å². The van der Waals surface area contributed by atoms with Gasteiger partial charge in [-0.1, -0.05) is 30.3 Å². The molecular formula is C27H20FN5O2. The van der Waals surface area contributed by atoms with Crippen LogP contribution in [-0.2, 0) is 4.79 Å². The molecule has 2 amide bonds. The number of aromatic amines is 1. The van der Waals surface area contributed by atoms with Crippen LogP contribution in [0.4, 0.5) is 15.9 Å². The molecule has 5 aromatic rings. The summed E-state index contributed by atoms with van der Waals surface area (Å²) in [6, 6.07) is 23.0. The van der Waals surface area contributed by atoms with Gasteiger partial charge in [0.05, 0.1) is 16.6 Å². The van der Waals surface area contributed by atoms with E-state index in [0.717, 1.165) is 16.7 Å². The number of anilines is 2. The Balaban J connectivity index is 1.31. The summed E-state index contributed by atoms with van der Waals surface area (Å²) in [5.41, 5.74) is 5.18. The average Bonchev–Trinajstić information content (AvgIpc) is 3.28. The van der Waals surface area contributed by atoms with Crippen LogP contribution in [0.2, 0.25) is 0 Å². The third kappa shape index (κ3) is 4.91. The van der Waals surface area contributed by atoms with E-state index in [1.54, 1.807) is 18.2 Å². The van der Waals surface area contributed by atoms with Gasteiger partial charge >= 0.3 is 0 Å². The van der Waals surface area contributed by atoms with Gasteiger partial charge in [-0.25, -0.2) is 14.4 Å². The number of carbonyl (C=O) groups is 2. The molecule has 3 N–H and O–H groups in total. The van der Waals surface area contributed by atoms with E-state index < -0.39 is 0 Å². The smallest absolute Gasteiger partial charge is 0.257 e. The van der Waals surface area contributed by atoms with Gasteiger partial charge in [0.1, 0.15) is 17.5 Å². The van der Waals surface area contributed by atoms with Crippen LogP contribution in [0.5, 0.6) is 0 Å². The molecule has 35 heavy (non-hydrogen) atoms. The summed E-state index contributed by atoms with van der Waals surface area (Å²) < 4.78 is 13.5. The van der Waals surface area contributed by atoms with Crippen LogP contribution in [0.15, 0.2) is 85.1 Å². The van der Waals surface area contributed by atoms with Gasteiger partial charge in [-0.3, -0.25) is 9.59 Å². The fourth-order valence-electron chi connectivity index (χ4n) is 3.70. The van der Waals surface area contributed by atoms with Gasteiger partial charge in [-0.2, -0.15) is 0 Å². The van der Waals surface area contributed by atoms with E-state index in [4.69, 9.17) is 0 Å². The second-order valence-electron chi connectivity index (χ2n) is 7.97. The van der Waals surface area contributed by atoms with E-state index in [2.05, 4.69) is 25.6 Å².